The average molecular weight is 643 g/mol. The maximum absolute atomic E-state index is 12.9. The first-order valence-electron chi connectivity index (χ1n) is 18.5. The molecule has 48 heavy (non-hydrogen) atoms. The first kappa shape index (κ1) is 33.9. The van der Waals surface area contributed by atoms with Gasteiger partial charge in [-0.05, 0) is 84.3 Å². The fraction of sp³-hybridized carbons (Fsp3) is 0.465. The van der Waals surface area contributed by atoms with E-state index in [4.69, 9.17) is 4.98 Å². The number of amides is 1. The van der Waals surface area contributed by atoms with Gasteiger partial charge in [0.1, 0.15) is 0 Å². The van der Waals surface area contributed by atoms with Crippen LogP contribution in [-0.2, 0) is 0 Å². The molecule has 0 fully saturated rings. The number of nitrogens with one attached hydrogen (secondary N) is 1. The van der Waals surface area contributed by atoms with Crippen molar-refractivity contribution in [2.75, 3.05) is 0 Å². The standard InChI is InChI=1S/C43H54N4O/c1-6-7-8-9-10-11-12-13-14-15-16-33-27-39(47-29-38(31(2)3)45-30-47)43(5)24-20-37-36(40(33)43)18-17-34-28-35(19-23-42(34,37)4)46-41(48)32-21-25-44-26-22-32/h17-22,24-31H,6-16,23H2,1-5H3,(H,46,48)/t42-,43-/m1/s1. The number of imidazole rings is 1. The Morgan fingerprint density at radius 3 is 2.33 bits per heavy atom. The van der Waals surface area contributed by atoms with Gasteiger partial charge in [-0.2, -0.15) is 0 Å². The highest BCUT2D eigenvalue weighted by atomic mass is 16.1. The molecule has 0 saturated carbocycles. The Bertz CT molecular complexity index is 1730. The summed E-state index contributed by atoms with van der Waals surface area (Å²) in [5, 5.41) is 3.12. The zero-order valence-electron chi connectivity index (χ0n) is 29.8. The zero-order valence-corrected chi connectivity index (χ0v) is 29.8. The topological polar surface area (TPSA) is 59.8 Å². The van der Waals surface area contributed by atoms with E-state index in [-0.39, 0.29) is 16.7 Å². The molecule has 0 aliphatic heterocycles. The van der Waals surface area contributed by atoms with E-state index in [9.17, 15) is 4.79 Å². The summed E-state index contributed by atoms with van der Waals surface area (Å²) in [6, 6.07) is 3.49. The number of carbonyl (C=O) groups is 1. The third-order valence-electron chi connectivity index (χ3n) is 11.0. The van der Waals surface area contributed by atoms with Crippen LogP contribution in [-0.4, -0.2) is 20.4 Å². The third kappa shape index (κ3) is 6.79. The van der Waals surface area contributed by atoms with Crippen molar-refractivity contribution in [2.45, 2.75) is 118 Å². The lowest BCUT2D eigenvalue weighted by molar-refractivity contribution is 0.0966. The van der Waals surface area contributed by atoms with E-state index < -0.39 is 0 Å². The summed E-state index contributed by atoms with van der Waals surface area (Å²) >= 11 is 0. The number of nitrogens with zero attached hydrogens (tertiary/aromatic N) is 3. The van der Waals surface area contributed by atoms with Crippen molar-refractivity contribution in [1.29, 1.82) is 0 Å². The molecule has 5 heteroatoms. The van der Waals surface area contributed by atoms with Crippen molar-refractivity contribution in [3.63, 3.8) is 0 Å². The van der Waals surface area contributed by atoms with Gasteiger partial charge in [-0.1, -0.05) is 116 Å². The Morgan fingerprint density at radius 2 is 1.65 bits per heavy atom. The Labute approximate surface area is 288 Å². The van der Waals surface area contributed by atoms with E-state index in [1.807, 2.05) is 6.33 Å². The number of hydrogen-bond acceptors (Lipinski definition) is 3. The average Bonchev–Trinajstić information content (AvgIpc) is 3.69. The van der Waals surface area contributed by atoms with Gasteiger partial charge < -0.3 is 9.88 Å². The highest BCUT2D eigenvalue weighted by molar-refractivity contribution is 5.95. The van der Waals surface area contributed by atoms with Gasteiger partial charge in [0.05, 0.1) is 17.4 Å². The van der Waals surface area contributed by atoms with E-state index in [1.165, 1.54) is 97.8 Å². The van der Waals surface area contributed by atoms with Crippen LogP contribution in [0.3, 0.4) is 0 Å². The van der Waals surface area contributed by atoms with Gasteiger partial charge in [-0.15, -0.1) is 0 Å². The predicted molar refractivity (Wildman–Crippen MR) is 198 cm³/mol. The van der Waals surface area contributed by atoms with E-state index in [1.54, 1.807) is 24.5 Å². The zero-order chi connectivity index (χ0) is 33.7. The summed E-state index contributed by atoms with van der Waals surface area (Å²) in [4.78, 5) is 21.7. The van der Waals surface area contributed by atoms with Crippen LogP contribution >= 0.6 is 0 Å². The molecule has 1 amide bonds. The maximum atomic E-state index is 12.9. The van der Waals surface area contributed by atoms with Crippen molar-refractivity contribution < 1.29 is 4.79 Å². The van der Waals surface area contributed by atoms with Crippen molar-refractivity contribution in [1.82, 2.24) is 19.9 Å². The summed E-state index contributed by atoms with van der Waals surface area (Å²) in [7, 11) is 0. The molecule has 0 saturated heterocycles. The molecule has 252 valence electrons. The number of aromatic nitrogens is 3. The molecule has 1 N–H and O–H groups in total. The fourth-order valence-electron chi connectivity index (χ4n) is 7.99. The highest BCUT2D eigenvalue weighted by Gasteiger charge is 2.46. The Kier molecular flexibility index (Phi) is 10.3. The first-order valence-corrected chi connectivity index (χ1v) is 18.5. The predicted octanol–water partition coefficient (Wildman–Crippen LogP) is 11.0. The second-order valence-electron chi connectivity index (χ2n) is 14.9. The molecule has 0 radical (unpaired) electrons. The number of hydrogen-bond donors (Lipinski definition) is 1. The van der Waals surface area contributed by atoms with Crippen LogP contribution in [0.15, 0.2) is 113 Å². The molecule has 5 nitrogen and oxygen atoms in total. The smallest absolute Gasteiger partial charge is 0.255 e. The largest absolute Gasteiger partial charge is 0.322 e. The molecule has 4 aliphatic rings. The number of carbonyl (C=O) groups excluding carboxylic acids is 1. The number of pyridine rings is 1. The molecule has 6 rings (SSSR count). The fourth-order valence-corrected chi connectivity index (χ4v) is 7.99. The van der Waals surface area contributed by atoms with Crippen LogP contribution in [0, 0.1) is 10.8 Å². The second-order valence-corrected chi connectivity index (χ2v) is 14.9. The van der Waals surface area contributed by atoms with Gasteiger partial charge >= 0.3 is 0 Å². The minimum Gasteiger partial charge on any atom is -0.322 e. The summed E-state index contributed by atoms with van der Waals surface area (Å²) in [6.45, 7) is 11.5. The lowest BCUT2D eigenvalue weighted by atomic mass is 9.61. The Morgan fingerprint density at radius 1 is 0.938 bits per heavy atom. The van der Waals surface area contributed by atoms with E-state index in [2.05, 4.69) is 98.2 Å². The minimum atomic E-state index is -0.224. The van der Waals surface area contributed by atoms with Crippen molar-refractivity contribution in [3.05, 3.63) is 124 Å². The number of rotatable bonds is 15. The van der Waals surface area contributed by atoms with E-state index in [0.29, 0.717) is 11.5 Å². The van der Waals surface area contributed by atoms with Crippen LogP contribution in [0.5, 0.6) is 0 Å². The van der Waals surface area contributed by atoms with Gasteiger partial charge in [0.25, 0.3) is 5.91 Å². The van der Waals surface area contributed by atoms with Gasteiger partial charge in [-0.3, -0.25) is 9.78 Å². The molecular weight excluding hydrogens is 589 g/mol. The lowest BCUT2D eigenvalue weighted by Crippen LogP contribution is -2.33. The summed E-state index contributed by atoms with van der Waals surface area (Å²) < 4.78 is 2.28. The van der Waals surface area contributed by atoms with Crippen LogP contribution < -0.4 is 5.32 Å². The molecule has 0 bridgehead atoms. The van der Waals surface area contributed by atoms with Crippen LogP contribution in [0.4, 0.5) is 0 Å². The maximum Gasteiger partial charge on any atom is 0.255 e. The van der Waals surface area contributed by atoms with Crippen molar-refractivity contribution in [3.8, 4) is 0 Å². The molecule has 2 atom stereocenters. The molecule has 2 aromatic heterocycles. The molecule has 2 aromatic rings. The highest BCUT2D eigenvalue weighted by Crippen LogP contribution is 2.59. The quantitative estimate of drug-likeness (QED) is 0.197. The monoisotopic (exact) mass is 642 g/mol. The van der Waals surface area contributed by atoms with Crippen molar-refractivity contribution >= 4 is 11.6 Å². The normalized spacial score (nSPS) is 22.8. The summed E-state index contributed by atoms with van der Waals surface area (Å²) in [5.41, 5.74) is 10.4. The Balaban J connectivity index is 1.22. The van der Waals surface area contributed by atoms with Gasteiger partial charge in [0.2, 0.25) is 0 Å². The van der Waals surface area contributed by atoms with Crippen molar-refractivity contribution in [2.24, 2.45) is 10.8 Å². The minimum absolute atomic E-state index is 0.108. The SMILES string of the molecule is CCCCCCCCCCCCC1=C2C3=C(C=C[C@]2(C)C(n2cnc(C(C)C)c2)=C1)[C@]1(C)CC=C(NC(=O)c2ccncc2)C=C1C=C3. The van der Waals surface area contributed by atoms with Crippen LogP contribution in [0.2, 0.25) is 0 Å². The van der Waals surface area contributed by atoms with Gasteiger partial charge in [-0.25, -0.2) is 4.98 Å². The van der Waals surface area contributed by atoms with Gasteiger partial charge in [0.15, 0.2) is 0 Å². The summed E-state index contributed by atoms with van der Waals surface area (Å²) in [5.74, 6) is 0.282. The molecule has 2 heterocycles. The molecular formula is C43H54N4O. The lowest BCUT2D eigenvalue weighted by Gasteiger charge is -2.43. The number of allylic oxidation sites excluding steroid dienone is 13. The van der Waals surface area contributed by atoms with Crippen LogP contribution in [0.25, 0.3) is 5.70 Å². The second kappa shape index (κ2) is 14.6. The number of unbranched alkanes of at least 4 members (excludes halogenated alkanes) is 9. The number of fused-ring (bicyclic) bond motifs is 4. The molecule has 0 spiro atoms. The molecule has 0 unspecified atom stereocenters. The van der Waals surface area contributed by atoms with E-state index in [0.717, 1.165) is 24.2 Å². The van der Waals surface area contributed by atoms with Gasteiger partial charge in [0, 0.05) is 41.0 Å². The van der Waals surface area contributed by atoms with E-state index >= 15 is 0 Å². The Hall–Kier alpha value is -3.99. The first-order chi connectivity index (χ1) is 23.2. The molecule has 4 aliphatic carbocycles. The third-order valence-corrected chi connectivity index (χ3v) is 11.0. The summed E-state index contributed by atoms with van der Waals surface area (Å²) in [6.07, 6.45) is 39.2. The van der Waals surface area contributed by atoms with Crippen LogP contribution in [0.1, 0.15) is 134 Å². The molecule has 0 aromatic carbocycles.